The Labute approximate surface area is 139 Å². The quantitative estimate of drug-likeness (QED) is 0.802. The van der Waals surface area contributed by atoms with Crippen LogP contribution in [0.25, 0.3) is 0 Å². The summed E-state index contributed by atoms with van der Waals surface area (Å²) in [4.78, 5) is 14.0. The minimum absolute atomic E-state index is 0.221. The molecule has 0 aromatic heterocycles. The third-order valence-corrected chi connectivity index (χ3v) is 4.46. The first-order chi connectivity index (χ1) is 10.7. The van der Waals surface area contributed by atoms with E-state index in [1.54, 1.807) is 4.90 Å². The zero-order chi connectivity index (χ0) is 15.4. The number of nitrogens with zero attached hydrogens (tertiary/aromatic N) is 1. The summed E-state index contributed by atoms with van der Waals surface area (Å²) in [5, 5.41) is 0. The van der Waals surface area contributed by atoms with Gasteiger partial charge in [0.15, 0.2) is 0 Å². The fraction of sp³-hybridized carbons (Fsp3) is 0.278. The predicted octanol–water partition coefficient (Wildman–Crippen LogP) is 4.58. The van der Waals surface area contributed by atoms with Crippen LogP contribution in [0.3, 0.4) is 0 Å². The maximum Gasteiger partial charge on any atom is 0.410 e. The Bertz CT molecular complexity index is 645. The molecule has 1 heterocycles. The molecule has 1 saturated heterocycles. The van der Waals surface area contributed by atoms with Crippen molar-refractivity contribution in [1.29, 1.82) is 0 Å². The van der Waals surface area contributed by atoms with E-state index in [1.165, 1.54) is 5.56 Å². The first-order valence-electron chi connectivity index (χ1n) is 7.43. The molecule has 1 fully saturated rings. The van der Waals surface area contributed by atoms with Gasteiger partial charge in [-0.2, -0.15) is 0 Å². The van der Waals surface area contributed by atoms with Gasteiger partial charge in [-0.25, -0.2) is 4.79 Å². The van der Waals surface area contributed by atoms with Crippen LogP contribution in [0.1, 0.15) is 23.5 Å². The second-order valence-corrected chi connectivity index (χ2v) is 6.44. The molecule has 1 aliphatic heterocycles. The van der Waals surface area contributed by atoms with Crippen molar-refractivity contribution in [1.82, 2.24) is 4.90 Å². The maximum atomic E-state index is 12.2. The Morgan fingerprint density at radius 1 is 1.18 bits per heavy atom. The van der Waals surface area contributed by atoms with Gasteiger partial charge < -0.3 is 9.64 Å². The van der Waals surface area contributed by atoms with Crippen molar-refractivity contribution in [2.45, 2.75) is 18.9 Å². The molecular weight excluding hydrogens is 342 g/mol. The van der Waals surface area contributed by atoms with Gasteiger partial charge in [0.2, 0.25) is 0 Å². The lowest BCUT2D eigenvalue weighted by Crippen LogP contribution is -2.29. The average molecular weight is 360 g/mol. The van der Waals surface area contributed by atoms with Crippen LogP contribution in [0.2, 0.25) is 0 Å². The smallest absolute Gasteiger partial charge is 0.410 e. The normalized spacial score (nSPS) is 17.5. The van der Waals surface area contributed by atoms with Crippen LogP contribution in [0.5, 0.6) is 0 Å². The molecule has 2 aromatic rings. The summed E-state index contributed by atoms with van der Waals surface area (Å²) in [6.45, 7) is 1.81. The van der Waals surface area contributed by atoms with Gasteiger partial charge in [-0.1, -0.05) is 58.4 Å². The van der Waals surface area contributed by atoms with Crippen LogP contribution in [-0.2, 0) is 11.3 Å². The molecule has 3 rings (SSSR count). The molecule has 0 aliphatic carbocycles. The van der Waals surface area contributed by atoms with E-state index >= 15 is 0 Å². The summed E-state index contributed by atoms with van der Waals surface area (Å²) >= 11 is 3.50. The predicted molar refractivity (Wildman–Crippen MR) is 89.7 cm³/mol. The highest BCUT2D eigenvalue weighted by atomic mass is 79.9. The van der Waals surface area contributed by atoms with Crippen LogP contribution < -0.4 is 0 Å². The van der Waals surface area contributed by atoms with Crippen molar-refractivity contribution in [3.8, 4) is 0 Å². The molecule has 0 radical (unpaired) electrons. The molecule has 2 aromatic carbocycles. The van der Waals surface area contributed by atoms with Gasteiger partial charge in [0.25, 0.3) is 0 Å². The van der Waals surface area contributed by atoms with Crippen molar-refractivity contribution in [2.24, 2.45) is 0 Å². The molecule has 1 aliphatic rings. The SMILES string of the molecule is O=C(OCc1ccccc1)N1CC[C@@H](c2cccc(Br)c2)C1. The van der Waals surface area contributed by atoms with Gasteiger partial charge in [0, 0.05) is 23.5 Å². The number of halogens is 1. The molecule has 0 unspecified atom stereocenters. The van der Waals surface area contributed by atoms with Crippen molar-refractivity contribution in [2.75, 3.05) is 13.1 Å². The number of rotatable bonds is 3. The van der Waals surface area contributed by atoms with Crippen molar-refractivity contribution >= 4 is 22.0 Å². The van der Waals surface area contributed by atoms with Gasteiger partial charge in [-0.15, -0.1) is 0 Å². The van der Waals surface area contributed by atoms with Gasteiger partial charge in [0.1, 0.15) is 6.61 Å². The van der Waals surface area contributed by atoms with Gasteiger partial charge in [0.05, 0.1) is 0 Å². The van der Waals surface area contributed by atoms with E-state index in [-0.39, 0.29) is 6.09 Å². The summed E-state index contributed by atoms with van der Waals surface area (Å²) in [5.41, 5.74) is 2.28. The highest BCUT2D eigenvalue weighted by Gasteiger charge is 2.28. The van der Waals surface area contributed by atoms with Crippen molar-refractivity contribution < 1.29 is 9.53 Å². The largest absolute Gasteiger partial charge is 0.445 e. The minimum atomic E-state index is -0.221. The molecule has 1 atom stereocenters. The van der Waals surface area contributed by atoms with Crippen molar-refractivity contribution in [3.63, 3.8) is 0 Å². The Hall–Kier alpha value is -1.81. The molecule has 22 heavy (non-hydrogen) atoms. The number of likely N-dealkylation sites (tertiary alicyclic amines) is 1. The zero-order valence-electron chi connectivity index (χ0n) is 12.2. The summed E-state index contributed by atoms with van der Waals surface area (Å²) in [6, 6.07) is 18.1. The third kappa shape index (κ3) is 3.69. The molecular formula is C18H18BrNO2. The van der Waals surface area contributed by atoms with Gasteiger partial charge >= 0.3 is 6.09 Å². The second-order valence-electron chi connectivity index (χ2n) is 5.53. The van der Waals surface area contributed by atoms with Gasteiger partial charge in [-0.05, 0) is 29.7 Å². The number of carbonyl (C=O) groups excluding carboxylic acids is 1. The molecule has 0 saturated carbocycles. The number of hydrogen-bond acceptors (Lipinski definition) is 2. The van der Waals surface area contributed by atoms with E-state index < -0.39 is 0 Å². The molecule has 0 bridgehead atoms. The fourth-order valence-corrected chi connectivity index (χ4v) is 3.19. The summed E-state index contributed by atoms with van der Waals surface area (Å²) in [7, 11) is 0. The second kappa shape index (κ2) is 6.97. The highest BCUT2D eigenvalue weighted by Crippen LogP contribution is 2.29. The third-order valence-electron chi connectivity index (χ3n) is 3.97. The van der Waals surface area contributed by atoms with Crippen LogP contribution in [0, 0.1) is 0 Å². The number of benzene rings is 2. The number of hydrogen-bond donors (Lipinski definition) is 0. The lowest BCUT2D eigenvalue weighted by atomic mass is 9.99. The Morgan fingerprint density at radius 3 is 2.77 bits per heavy atom. The number of ether oxygens (including phenoxy) is 1. The molecule has 3 nitrogen and oxygen atoms in total. The van der Waals surface area contributed by atoms with E-state index in [9.17, 15) is 4.79 Å². The van der Waals surface area contributed by atoms with E-state index in [0.29, 0.717) is 12.5 Å². The molecule has 4 heteroatoms. The first kappa shape index (κ1) is 15.1. The lowest BCUT2D eigenvalue weighted by Gasteiger charge is -2.16. The van der Waals surface area contributed by atoms with Crippen LogP contribution in [0.15, 0.2) is 59.1 Å². The standard InChI is InChI=1S/C18H18BrNO2/c19-17-8-4-7-15(11-17)16-9-10-20(12-16)18(21)22-13-14-5-2-1-3-6-14/h1-8,11,16H,9-10,12-13H2/t16-/m1/s1. The topological polar surface area (TPSA) is 29.5 Å². The Balaban J connectivity index is 1.55. The number of amides is 1. The van der Waals surface area contributed by atoms with Crippen molar-refractivity contribution in [3.05, 3.63) is 70.2 Å². The minimum Gasteiger partial charge on any atom is -0.445 e. The Morgan fingerprint density at radius 2 is 2.00 bits per heavy atom. The summed E-state index contributed by atoms with van der Waals surface area (Å²) in [5.74, 6) is 0.391. The first-order valence-corrected chi connectivity index (χ1v) is 8.23. The molecule has 0 N–H and O–H groups in total. The van der Waals surface area contributed by atoms with Crippen LogP contribution in [-0.4, -0.2) is 24.1 Å². The van der Waals surface area contributed by atoms with E-state index in [0.717, 1.165) is 29.5 Å². The average Bonchev–Trinajstić information content (AvgIpc) is 3.04. The molecule has 1 amide bonds. The molecule has 114 valence electrons. The number of carbonyl (C=O) groups is 1. The lowest BCUT2D eigenvalue weighted by molar-refractivity contribution is 0.104. The van der Waals surface area contributed by atoms with E-state index in [1.807, 2.05) is 42.5 Å². The zero-order valence-corrected chi connectivity index (χ0v) is 13.8. The van der Waals surface area contributed by atoms with E-state index in [4.69, 9.17) is 4.74 Å². The summed E-state index contributed by atoms with van der Waals surface area (Å²) in [6.07, 6.45) is 0.762. The van der Waals surface area contributed by atoms with Gasteiger partial charge in [-0.3, -0.25) is 0 Å². The van der Waals surface area contributed by atoms with Crippen LogP contribution in [0.4, 0.5) is 4.79 Å². The monoisotopic (exact) mass is 359 g/mol. The fourth-order valence-electron chi connectivity index (χ4n) is 2.77. The maximum absolute atomic E-state index is 12.2. The summed E-state index contributed by atoms with van der Waals surface area (Å²) < 4.78 is 6.48. The highest BCUT2D eigenvalue weighted by molar-refractivity contribution is 9.10. The van der Waals surface area contributed by atoms with Crippen LogP contribution >= 0.6 is 15.9 Å². The van der Waals surface area contributed by atoms with E-state index in [2.05, 4.69) is 28.1 Å². The Kier molecular flexibility index (Phi) is 4.78. The molecule has 0 spiro atoms.